The molecular formula is C27H44N4O3. The SMILES string of the molecule is CN[C@H](C(=O)N[C@H](C(=O)N(C)[C@H](/C=C(C)/C=N/O)C(C)C)C(C)(C)C)C(C)(C)c1ccccc1. The molecule has 0 saturated carbocycles. The Morgan fingerprint density at radius 1 is 1.06 bits per heavy atom. The first kappa shape index (κ1) is 29.4. The van der Waals surface area contributed by atoms with Crippen LogP contribution in [-0.4, -0.2) is 60.4 Å². The Bertz CT molecular complexity index is 870. The Labute approximate surface area is 205 Å². The maximum atomic E-state index is 13.7. The third kappa shape index (κ3) is 7.42. The molecule has 0 unspecified atom stereocenters. The minimum Gasteiger partial charge on any atom is -0.411 e. The van der Waals surface area contributed by atoms with Crippen LogP contribution in [0.25, 0.3) is 0 Å². The van der Waals surface area contributed by atoms with E-state index in [1.165, 1.54) is 6.21 Å². The van der Waals surface area contributed by atoms with Crippen molar-refractivity contribution in [2.45, 2.75) is 78.9 Å². The number of carbonyl (C=O) groups excluding carboxylic acids is 2. The van der Waals surface area contributed by atoms with Crippen molar-refractivity contribution in [1.29, 1.82) is 0 Å². The Kier molecular flexibility index (Phi) is 10.5. The average molecular weight is 473 g/mol. The summed E-state index contributed by atoms with van der Waals surface area (Å²) in [6, 6.07) is 8.39. The van der Waals surface area contributed by atoms with Gasteiger partial charge in [0.05, 0.1) is 18.3 Å². The van der Waals surface area contributed by atoms with Crippen LogP contribution >= 0.6 is 0 Å². The number of allylic oxidation sites excluding steroid dienone is 1. The van der Waals surface area contributed by atoms with Crippen LogP contribution in [0, 0.1) is 11.3 Å². The number of carbonyl (C=O) groups is 2. The number of oxime groups is 1. The lowest BCUT2D eigenvalue weighted by Gasteiger charge is -2.40. The van der Waals surface area contributed by atoms with Crippen molar-refractivity contribution in [2.24, 2.45) is 16.5 Å². The lowest BCUT2D eigenvalue weighted by atomic mass is 9.76. The highest BCUT2D eigenvalue weighted by Crippen LogP contribution is 2.29. The minimum atomic E-state index is -0.728. The van der Waals surface area contributed by atoms with Gasteiger partial charge in [0.15, 0.2) is 0 Å². The second-order valence-corrected chi connectivity index (χ2v) is 11.0. The second-order valence-electron chi connectivity index (χ2n) is 11.0. The van der Waals surface area contributed by atoms with E-state index in [-0.39, 0.29) is 23.8 Å². The van der Waals surface area contributed by atoms with Crippen molar-refractivity contribution in [2.75, 3.05) is 14.1 Å². The standard InChI is InChI=1S/C27H44N4O3/c1-18(2)21(16-19(3)17-29-34)31(10)25(33)23(26(4,5)6)30-24(32)22(28-9)27(7,8)20-14-12-11-13-15-20/h11-18,21-23,28,34H,1-10H3,(H,30,32)/b19-16+,29-17+/t21-,22-,23-/m1/s1. The zero-order valence-corrected chi connectivity index (χ0v) is 22.5. The Morgan fingerprint density at radius 3 is 2.06 bits per heavy atom. The number of nitrogens with zero attached hydrogens (tertiary/aromatic N) is 2. The molecule has 3 N–H and O–H groups in total. The average Bonchev–Trinajstić information content (AvgIpc) is 2.75. The van der Waals surface area contributed by atoms with E-state index in [2.05, 4.69) is 15.8 Å². The summed E-state index contributed by atoms with van der Waals surface area (Å²) in [7, 11) is 3.52. The largest absolute Gasteiger partial charge is 0.411 e. The van der Waals surface area contributed by atoms with Crippen LogP contribution in [0.5, 0.6) is 0 Å². The molecule has 0 bridgehead atoms. The van der Waals surface area contributed by atoms with Crippen molar-refractivity contribution >= 4 is 18.0 Å². The van der Waals surface area contributed by atoms with Gasteiger partial charge in [0.2, 0.25) is 11.8 Å². The van der Waals surface area contributed by atoms with E-state index >= 15 is 0 Å². The van der Waals surface area contributed by atoms with Crippen molar-refractivity contribution < 1.29 is 14.8 Å². The normalized spacial score (nSPS) is 15.8. The molecule has 1 aromatic carbocycles. The maximum Gasteiger partial charge on any atom is 0.245 e. The van der Waals surface area contributed by atoms with Crippen molar-refractivity contribution in [3.05, 3.63) is 47.5 Å². The number of nitrogens with one attached hydrogen (secondary N) is 2. The van der Waals surface area contributed by atoms with Crippen molar-refractivity contribution in [3.63, 3.8) is 0 Å². The third-order valence-corrected chi connectivity index (χ3v) is 6.36. The Hall–Kier alpha value is -2.67. The monoisotopic (exact) mass is 472 g/mol. The fourth-order valence-corrected chi connectivity index (χ4v) is 4.23. The summed E-state index contributed by atoms with van der Waals surface area (Å²) in [6.45, 7) is 15.8. The number of hydrogen-bond donors (Lipinski definition) is 3. The molecule has 7 nitrogen and oxygen atoms in total. The fourth-order valence-electron chi connectivity index (χ4n) is 4.23. The molecule has 0 spiro atoms. The predicted molar refractivity (Wildman–Crippen MR) is 139 cm³/mol. The Balaban J connectivity index is 3.27. The molecule has 190 valence electrons. The number of rotatable bonds is 10. The van der Waals surface area contributed by atoms with Crippen LogP contribution in [0.2, 0.25) is 0 Å². The van der Waals surface area contributed by atoms with Gasteiger partial charge < -0.3 is 20.7 Å². The van der Waals surface area contributed by atoms with E-state index < -0.39 is 22.9 Å². The van der Waals surface area contributed by atoms with Crippen LogP contribution < -0.4 is 10.6 Å². The molecule has 1 rings (SSSR count). The molecule has 0 fully saturated rings. The molecule has 0 saturated heterocycles. The summed E-state index contributed by atoms with van der Waals surface area (Å²) in [6.07, 6.45) is 3.25. The van der Waals surface area contributed by atoms with Gasteiger partial charge in [-0.1, -0.05) is 90.0 Å². The van der Waals surface area contributed by atoms with Gasteiger partial charge in [-0.05, 0) is 36.4 Å². The van der Waals surface area contributed by atoms with Gasteiger partial charge in [-0.3, -0.25) is 9.59 Å². The molecule has 3 atom stereocenters. The van der Waals surface area contributed by atoms with Gasteiger partial charge in [-0.2, -0.15) is 0 Å². The van der Waals surface area contributed by atoms with Gasteiger partial charge in [-0.25, -0.2) is 0 Å². The van der Waals surface area contributed by atoms with Crippen molar-refractivity contribution in [3.8, 4) is 0 Å². The molecule has 34 heavy (non-hydrogen) atoms. The quantitative estimate of drug-likeness (QED) is 0.273. The van der Waals surface area contributed by atoms with Gasteiger partial charge in [-0.15, -0.1) is 0 Å². The van der Waals surface area contributed by atoms with Gasteiger partial charge in [0.25, 0.3) is 0 Å². The number of likely N-dealkylation sites (N-methyl/N-ethyl adjacent to an activating group) is 2. The van der Waals surface area contributed by atoms with E-state index in [4.69, 9.17) is 5.21 Å². The zero-order chi connectivity index (χ0) is 26.3. The summed E-state index contributed by atoms with van der Waals surface area (Å²) in [5.74, 6) is -0.274. The second kappa shape index (κ2) is 12.2. The Morgan fingerprint density at radius 2 is 1.62 bits per heavy atom. The first-order valence-electron chi connectivity index (χ1n) is 11.8. The topological polar surface area (TPSA) is 94.0 Å². The van der Waals surface area contributed by atoms with E-state index in [0.29, 0.717) is 0 Å². The highest BCUT2D eigenvalue weighted by molar-refractivity contribution is 5.91. The van der Waals surface area contributed by atoms with Gasteiger partial charge in [0, 0.05) is 12.5 Å². The molecule has 0 aliphatic carbocycles. The molecule has 0 aliphatic heterocycles. The number of amides is 2. The highest BCUT2D eigenvalue weighted by Gasteiger charge is 2.41. The first-order chi connectivity index (χ1) is 15.7. The lowest BCUT2D eigenvalue weighted by Crippen LogP contribution is -2.61. The summed E-state index contributed by atoms with van der Waals surface area (Å²) < 4.78 is 0. The fraction of sp³-hybridized carbons (Fsp3) is 0.593. The van der Waals surface area contributed by atoms with Crippen LogP contribution in [0.15, 0.2) is 47.1 Å². The molecular weight excluding hydrogens is 428 g/mol. The van der Waals surface area contributed by atoms with Crippen LogP contribution in [0.3, 0.4) is 0 Å². The molecule has 2 amide bonds. The summed E-state index contributed by atoms with van der Waals surface area (Å²) >= 11 is 0. The smallest absolute Gasteiger partial charge is 0.245 e. The van der Waals surface area contributed by atoms with Crippen LogP contribution in [0.4, 0.5) is 0 Å². The number of benzene rings is 1. The lowest BCUT2D eigenvalue weighted by molar-refractivity contribution is -0.140. The summed E-state index contributed by atoms with van der Waals surface area (Å²) in [5, 5.41) is 18.1. The summed E-state index contributed by atoms with van der Waals surface area (Å²) in [4.78, 5) is 28.9. The van der Waals surface area contributed by atoms with Crippen molar-refractivity contribution in [1.82, 2.24) is 15.5 Å². The molecule has 1 aromatic rings. The van der Waals surface area contributed by atoms with Gasteiger partial charge in [0.1, 0.15) is 6.04 Å². The van der Waals surface area contributed by atoms with E-state index in [1.807, 2.05) is 91.8 Å². The molecule has 0 aliphatic rings. The molecule has 0 aromatic heterocycles. The van der Waals surface area contributed by atoms with Gasteiger partial charge >= 0.3 is 0 Å². The van der Waals surface area contributed by atoms with Crippen LogP contribution in [0.1, 0.15) is 61.0 Å². The van der Waals surface area contributed by atoms with E-state index in [9.17, 15) is 9.59 Å². The molecule has 0 radical (unpaired) electrons. The maximum absolute atomic E-state index is 13.7. The minimum absolute atomic E-state index is 0.120. The zero-order valence-electron chi connectivity index (χ0n) is 22.5. The molecule has 7 heteroatoms. The third-order valence-electron chi connectivity index (χ3n) is 6.36. The van der Waals surface area contributed by atoms with E-state index in [1.54, 1.807) is 19.0 Å². The van der Waals surface area contributed by atoms with Crippen LogP contribution in [-0.2, 0) is 15.0 Å². The number of hydrogen-bond acceptors (Lipinski definition) is 5. The molecule has 0 heterocycles. The highest BCUT2D eigenvalue weighted by atomic mass is 16.4. The first-order valence-corrected chi connectivity index (χ1v) is 11.8. The predicted octanol–water partition coefficient (Wildman–Crippen LogP) is 3.97. The summed E-state index contributed by atoms with van der Waals surface area (Å²) in [5.41, 5.74) is 0.771. The van der Waals surface area contributed by atoms with E-state index in [0.717, 1.165) is 11.1 Å².